The Balaban J connectivity index is 2.08. The highest BCUT2D eigenvalue weighted by molar-refractivity contribution is 5.76. The Labute approximate surface area is 121 Å². The average Bonchev–Trinajstić information content (AvgIpc) is 2.98. The van der Waals surface area contributed by atoms with Crippen molar-refractivity contribution in [3.05, 3.63) is 40.5 Å². The fourth-order valence-electron chi connectivity index (χ4n) is 1.90. The first-order valence-corrected chi connectivity index (χ1v) is 6.73. The van der Waals surface area contributed by atoms with Gasteiger partial charge in [0.1, 0.15) is 11.4 Å². The van der Waals surface area contributed by atoms with Crippen LogP contribution in [0.2, 0.25) is 0 Å². The predicted molar refractivity (Wildman–Crippen MR) is 78.4 cm³/mol. The van der Waals surface area contributed by atoms with E-state index >= 15 is 0 Å². The van der Waals surface area contributed by atoms with E-state index in [-0.39, 0.29) is 10.6 Å². The Morgan fingerprint density at radius 3 is 2.57 bits per heavy atom. The van der Waals surface area contributed by atoms with Crippen LogP contribution < -0.4 is 10.6 Å². The van der Waals surface area contributed by atoms with Gasteiger partial charge in [-0.1, -0.05) is 18.1 Å². The normalized spacial score (nSPS) is 10.3. The molecule has 2 aromatic rings. The summed E-state index contributed by atoms with van der Waals surface area (Å²) in [5.74, 6) is 0.491. The minimum atomic E-state index is -0.382. The number of benzene rings is 1. The van der Waals surface area contributed by atoms with Gasteiger partial charge in [0, 0.05) is 19.5 Å². The number of nitrogens with zero attached hydrogens (tertiary/aromatic N) is 3. The SMILES string of the molecule is CCCNc1cccc(NCCc2ncno2)c1[N+](=O)[O-]. The Bertz CT molecular complexity index is 585. The minimum Gasteiger partial charge on any atom is -0.379 e. The number of rotatable bonds is 8. The van der Waals surface area contributed by atoms with Crippen molar-refractivity contribution >= 4 is 17.1 Å². The third-order valence-corrected chi connectivity index (χ3v) is 2.85. The van der Waals surface area contributed by atoms with Crippen LogP contribution in [-0.2, 0) is 6.42 Å². The molecular formula is C13H17N5O3. The number of anilines is 2. The quantitative estimate of drug-likeness (QED) is 0.568. The van der Waals surface area contributed by atoms with Crippen LogP contribution in [0.15, 0.2) is 29.0 Å². The lowest BCUT2D eigenvalue weighted by Gasteiger charge is -2.10. The van der Waals surface area contributed by atoms with E-state index < -0.39 is 0 Å². The molecule has 0 aliphatic heterocycles. The number of nitro benzene ring substituents is 1. The van der Waals surface area contributed by atoms with Crippen LogP contribution in [0.5, 0.6) is 0 Å². The summed E-state index contributed by atoms with van der Waals surface area (Å²) < 4.78 is 4.88. The summed E-state index contributed by atoms with van der Waals surface area (Å²) in [6.45, 7) is 3.16. The van der Waals surface area contributed by atoms with Crippen LogP contribution in [0.4, 0.5) is 17.1 Å². The van der Waals surface area contributed by atoms with Crippen molar-refractivity contribution in [2.24, 2.45) is 0 Å². The second kappa shape index (κ2) is 7.22. The lowest BCUT2D eigenvalue weighted by Crippen LogP contribution is -2.09. The van der Waals surface area contributed by atoms with Crippen molar-refractivity contribution in [1.82, 2.24) is 10.1 Å². The summed E-state index contributed by atoms with van der Waals surface area (Å²) in [5.41, 5.74) is 1.04. The first-order chi connectivity index (χ1) is 10.2. The van der Waals surface area contributed by atoms with Gasteiger partial charge in [0.05, 0.1) is 4.92 Å². The van der Waals surface area contributed by atoms with Crippen molar-refractivity contribution < 1.29 is 9.45 Å². The lowest BCUT2D eigenvalue weighted by atomic mass is 10.2. The summed E-state index contributed by atoms with van der Waals surface area (Å²) >= 11 is 0. The summed E-state index contributed by atoms with van der Waals surface area (Å²) in [4.78, 5) is 14.8. The molecule has 2 N–H and O–H groups in total. The highest BCUT2D eigenvalue weighted by Gasteiger charge is 2.19. The second-order valence-corrected chi connectivity index (χ2v) is 4.40. The average molecular weight is 291 g/mol. The topological polar surface area (TPSA) is 106 Å². The minimum absolute atomic E-state index is 0.0523. The molecule has 0 saturated carbocycles. The van der Waals surface area contributed by atoms with Gasteiger partial charge < -0.3 is 15.2 Å². The fourth-order valence-corrected chi connectivity index (χ4v) is 1.90. The van der Waals surface area contributed by atoms with E-state index in [1.807, 2.05) is 6.92 Å². The predicted octanol–water partition coefficient (Wildman–Crippen LogP) is 2.45. The van der Waals surface area contributed by atoms with Crippen LogP contribution in [0.25, 0.3) is 0 Å². The van der Waals surface area contributed by atoms with E-state index in [2.05, 4.69) is 20.8 Å². The summed E-state index contributed by atoms with van der Waals surface area (Å²) in [7, 11) is 0. The molecule has 2 rings (SSSR count). The smallest absolute Gasteiger partial charge is 0.315 e. The van der Waals surface area contributed by atoms with Gasteiger partial charge in [0.15, 0.2) is 6.33 Å². The molecule has 21 heavy (non-hydrogen) atoms. The zero-order valence-corrected chi connectivity index (χ0v) is 11.7. The summed E-state index contributed by atoms with van der Waals surface area (Å²) in [6.07, 6.45) is 2.73. The zero-order valence-electron chi connectivity index (χ0n) is 11.7. The first-order valence-electron chi connectivity index (χ1n) is 6.73. The van der Waals surface area contributed by atoms with E-state index in [4.69, 9.17) is 4.52 Å². The zero-order chi connectivity index (χ0) is 15.1. The third kappa shape index (κ3) is 3.91. The molecule has 1 aromatic heterocycles. The molecule has 0 unspecified atom stereocenters. The molecule has 0 saturated heterocycles. The Morgan fingerprint density at radius 2 is 2.00 bits per heavy atom. The number of aromatic nitrogens is 2. The van der Waals surface area contributed by atoms with Crippen molar-refractivity contribution in [2.45, 2.75) is 19.8 Å². The Kier molecular flexibility index (Phi) is 5.08. The Morgan fingerprint density at radius 1 is 1.29 bits per heavy atom. The molecule has 8 heteroatoms. The molecule has 0 spiro atoms. The lowest BCUT2D eigenvalue weighted by molar-refractivity contribution is -0.383. The van der Waals surface area contributed by atoms with E-state index in [0.717, 1.165) is 6.42 Å². The van der Waals surface area contributed by atoms with Gasteiger partial charge in [0.2, 0.25) is 5.89 Å². The van der Waals surface area contributed by atoms with Gasteiger partial charge in [-0.2, -0.15) is 4.98 Å². The van der Waals surface area contributed by atoms with Gasteiger partial charge >= 0.3 is 5.69 Å². The van der Waals surface area contributed by atoms with Crippen molar-refractivity contribution in [2.75, 3.05) is 23.7 Å². The van der Waals surface area contributed by atoms with Crippen LogP contribution in [0, 0.1) is 10.1 Å². The van der Waals surface area contributed by atoms with Crippen molar-refractivity contribution in [1.29, 1.82) is 0 Å². The second-order valence-electron chi connectivity index (χ2n) is 4.40. The molecular weight excluding hydrogens is 274 g/mol. The molecule has 1 heterocycles. The molecule has 0 amide bonds. The van der Waals surface area contributed by atoms with Crippen LogP contribution in [0.1, 0.15) is 19.2 Å². The standard InChI is InChI=1S/C13H17N5O3/c1-2-7-14-10-4-3-5-11(13(10)18(19)20)15-8-6-12-16-9-17-21-12/h3-5,9,14-15H,2,6-8H2,1H3. The number of hydrogen-bond donors (Lipinski definition) is 2. The maximum atomic E-state index is 11.3. The maximum Gasteiger partial charge on any atom is 0.315 e. The monoisotopic (exact) mass is 291 g/mol. The first kappa shape index (κ1) is 14.8. The van der Waals surface area contributed by atoms with Crippen LogP contribution in [0.3, 0.4) is 0 Å². The molecule has 0 aliphatic rings. The third-order valence-electron chi connectivity index (χ3n) is 2.85. The van der Waals surface area contributed by atoms with Gasteiger partial charge in [-0.15, -0.1) is 0 Å². The molecule has 1 aromatic carbocycles. The van der Waals surface area contributed by atoms with Gasteiger partial charge in [-0.25, -0.2) is 0 Å². The van der Waals surface area contributed by atoms with Crippen molar-refractivity contribution in [3.63, 3.8) is 0 Å². The Hall–Kier alpha value is -2.64. The molecule has 0 radical (unpaired) electrons. The number of nitro groups is 1. The van der Waals surface area contributed by atoms with Gasteiger partial charge in [0.25, 0.3) is 0 Å². The molecule has 0 fully saturated rings. The number of hydrogen-bond acceptors (Lipinski definition) is 7. The molecule has 0 bridgehead atoms. The van der Waals surface area contributed by atoms with Crippen LogP contribution >= 0.6 is 0 Å². The molecule has 112 valence electrons. The fraction of sp³-hybridized carbons (Fsp3) is 0.385. The number of para-hydroxylation sites is 1. The van der Waals surface area contributed by atoms with E-state index in [1.165, 1.54) is 6.33 Å². The van der Waals surface area contributed by atoms with E-state index in [1.54, 1.807) is 18.2 Å². The highest BCUT2D eigenvalue weighted by Crippen LogP contribution is 2.32. The summed E-state index contributed by atoms with van der Waals surface area (Å²) in [6, 6.07) is 5.17. The maximum absolute atomic E-state index is 11.3. The molecule has 0 aliphatic carbocycles. The van der Waals surface area contributed by atoms with E-state index in [0.29, 0.717) is 36.8 Å². The van der Waals surface area contributed by atoms with Crippen molar-refractivity contribution in [3.8, 4) is 0 Å². The molecule has 8 nitrogen and oxygen atoms in total. The van der Waals surface area contributed by atoms with Crippen LogP contribution in [-0.4, -0.2) is 28.2 Å². The highest BCUT2D eigenvalue weighted by atomic mass is 16.6. The summed E-state index contributed by atoms with van der Waals surface area (Å²) in [5, 5.41) is 20.9. The largest absolute Gasteiger partial charge is 0.379 e. The van der Waals surface area contributed by atoms with Gasteiger partial charge in [-0.3, -0.25) is 10.1 Å². The number of nitrogens with one attached hydrogen (secondary N) is 2. The molecule has 0 atom stereocenters. The van der Waals surface area contributed by atoms with Gasteiger partial charge in [-0.05, 0) is 18.6 Å². The van der Waals surface area contributed by atoms with E-state index in [9.17, 15) is 10.1 Å².